The minimum absolute atomic E-state index is 0.220. The molecule has 1 amide bonds. The molecule has 0 fully saturated rings. The van der Waals surface area contributed by atoms with Crippen LogP contribution in [-0.2, 0) is 4.79 Å². The molecule has 32 heavy (non-hydrogen) atoms. The van der Waals surface area contributed by atoms with Crippen LogP contribution in [-0.4, -0.2) is 17.5 Å². The van der Waals surface area contributed by atoms with Gasteiger partial charge in [0.25, 0.3) is 5.91 Å². The number of hydrogen-bond acceptors (Lipinski definition) is 4. The highest BCUT2D eigenvalue weighted by atomic mass is 35.5. The monoisotopic (exact) mass is 524 g/mol. The van der Waals surface area contributed by atoms with Crippen molar-refractivity contribution < 1.29 is 9.53 Å². The Kier molecular flexibility index (Phi) is 6.84. The highest BCUT2D eigenvalue weighted by Crippen LogP contribution is 2.42. The molecule has 1 aromatic heterocycles. The highest BCUT2D eigenvalue weighted by molar-refractivity contribution is 7.21. The third-order valence-electron chi connectivity index (χ3n) is 4.84. The molecule has 0 radical (unpaired) electrons. The topological polar surface area (TPSA) is 51.2 Å². The number of carbonyl (C=O) groups is 1. The minimum Gasteiger partial charge on any atom is -0.481 e. The van der Waals surface area contributed by atoms with Crippen molar-refractivity contribution in [3.05, 3.63) is 73.7 Å². The number of halogens is 4. The summed E-state index contributed by atoms with van der Waals surface area (Å²) in [5.74, 6) is -0.192. The molecule has 0 atom stereocenters. The van der Waals surface area contributed by atoms with Gasteiger partial charge < -0.3 is 10.1 Å². The molecule has 0 saturated carbocycles. The third kappa shape index (κ3) is 4.54. The molecule has 0 saturated heterocycles. The molecule has 0 aliphatic carbocycles. The second-order valence-corrected chi connectivity index (χ2v) is 9.61. The molecule has 0 aliphatic heterocycles. The Morgan fingerprint density at radius 3 is 2.38 bits per heavy atom. The lowest BCUT2D eigenvalue weighted by atomic mass is 10.1. The van der Waals surface area contributed by atoms with Crippen LogP contribution in [0.25, 0.3) is 20.8 Å². The minimum atomic E-state index is -0.411. The van der Waals surface area contributed by atoms with Gasteiger partial charge in [0.05, 0.1) is 31.0 Å². The van der Waals surface area contributed by atoms with Gasteiger partial charge in [0, 0.05) is 10.6 Å². The van der Waals surface area contributed by atoms with Gasteiger partial charge in [-0.3, -0.25) is 4.79 Å². The average molecular weight is 526 g/mol. The van der Waals surface area contributed by atoms with Crippen molar-refractivity contribution in [1.29, 1.82) is 0 Å². The van der Waals surface area contributed by atoms with E-state index >= 15 is 0 Å². The molecular weight excluding hydrogens is 510 g/mol. The first-order valence-corrected chi connectivity index (χ1v) is 11.8. The first kappa shape index (κ1) is 23.1. The van der Waals surface area contributed by atoms with Crippen LogP contribution in [0, 0.1) is 13.8 Å². The SMILES string of the molecule is Cc1c(Cl)c(C)c(Cl)c(OCC(=O)Nc2cc(-c3nc4ccccc4s3)ccc2Cl)c1Cl. The Balaban J connectivity index is 1.52. The van der Waals surface area contributed by atoms with Gasteiger partial charge in [0.1, 0.15) is 5.01 Å². The van der Waals surface area contributed by atoms with Gasteiger partial charge in [-0.15, -0.1) is 11.3 Å². The number of rotatable bonds is 5. The number of carbonyl (C=O) groups excluding carboxylic acids is 1. The van der Waals surface area contributed by atoms with Gasteiger partial charge in [-0.05, 0) is 49.2 Å². The number of hydrogen-bond donors (Lipinski definition) is 1. The molecule has 3 aromatic carbocycles. The first-order valence-electron chi connectivity index (χ1n) is 9.48. The lowest BCUT2D eigenvalue weighted by Crippen LogP contribution is -2.20. The summed E-state index contributed by atoms with van der Waals surface area (Å²) in [4.78, 5) is 17.2. The van der Waals surface area contributed by atoms with Crippen LogP contribution in [0.5, 0.6) is 5.75 Å². The normalized spacial score (nSPS) is 11.1. The second kappa shape index (κ2) is 9.46. The van der Waals surface area contributed by atoms with Crippen molar-refractivity contribution in [3.8, 4) is 16.3 Å². The molecule has 1 N–H and O–H groups in total. The van der Waals surface area contributed by atoms with Crippen LogP contribution < -0.4 is 10.1 Å². The van der Waals surface area contributed by atoms with Crippen molar-refractivity contribution in [2.45, 2.75) is 13.8 Å². The van der Waals surface area contributed by atoms with E-state index in [1.807, 2.05) is 30.3 Å². The summed E-state index contributed by atoms with van der Waals surface area (Å²) in [7, 11) is 0. The zero-order valence-electron chi connectivity index (χ0n) is 16.9. The van der Waals surface area contributed by atoms with Crippen molar-refractivity contribution in [1.82, 2.24) is 4.98 Å². The number of amides is 1. The average Bonchev–Trinajstić information content (AvgIpc) is 3.22. The van der Waals surface area contributed by atoms with Crippen molar-refractivity contribution in [3.63, 3.8) is 0 Å². The molecule has 164 valence electrons. The van der Waals surface area contributed by atoms with Crippen molar-refractivity contribution in [2.75, 3.05) is 11.9 Å². The van der Waals surface area contributed by atoms with Crippen molar-refractivity contribution >= 4 is 79.6 Å². The number of aromatic nitrogens is 1. The van der Waals surface area contributed by atoms with Crippen molar-refractivity contribution in [2.24, 2.45) is 0 Å². The molecule has 4 rings (SSSR count). The summed E-state index contributed by atoms with van der Waals surface area (Å²) in [5.41, 5.74) is 3.50. The molecule has 0 aliphatic rings. The predicted molar refractivity (Wildman–Crippen MR) is 135 cm³/mol. The van der Waals surface area contributed by atoms with Gasteiger partial charge in [-0.25, -0.2) is 4.98 Å². The quantitative estimate of drug-likeness (QED) is 0.285. The van der Waals surface area contributed by atoms with Crippen LogP contribution >= 0.6 is 57.7 Å². The number of benzene rings is 3. The number of nitrogens with one attached hydrogen (secondary N) is 1. The van der Waals surface area contributed by atoms with Gasteiger partial charge in [-0.2, -0.15) is 0 Å². The summed E-state index contributed by atoms with van der Waals surface area (Å²) in [6.07, 6.45) is 0. The Morgan fingerprint density at radius 2 is 1.69 bits per heavy atom. The lowest BCUT2D eigenvalue weighted by molar-refractivity contribution is -0.118. The van der Waals surface area contributed by atoms with Gasteiger partial charge in [0.15, 0.2) is 12.4 Å². The summed E-state index contributed by atoms with van der Waals surface area (Å²) in [6, 6.07) is 13.3. The molecule has 0 bridgehead atoms. The number of thiazole rings is 1. The number of anilines is 1. The van der Waals surface area contributed by atoms with E-state index < -0.39 is 5.91 Å². The summed E-state index contributed by atoms with van der Waals surface area (Å²) >= 11 is 26.7. The van der Waals surface area contributed by atoms with E-state index in [0.717, 1.165) is 20.8 Å². The summed E-state index contributed by atoms with van der Waals surface area (Å²) in [5, 5.41) is 5.02. The Bertz CT molecular complexity index is 1290. The van der Waals surface area contributed by atoms with Gasteiger partial charge in [0.2, 0.25) is 0 Å². The summed E-state index contributed by atoms with van der Waals surface area (Å²) in [6.45, 7) is 3.21. The van der Waals surface area contributed by atoms with E-state index in [0.29, 0.717) is 26.9 Å². The fourth-order valence-electron chi connectivity index (χ4n) is 3.11. The van der Waals surface area contributed by atoms with E-state index in [2.05, 4.69) is 10.3 Å². The van der Waals surface area contributed by atoms with Crippen LogP contribution in [0.3, 0.4) is 0 Å². The molecule has 4 aromatic rings. The maximum absolute atomic E-state index is 12.6. The van der Waals surface area contributed by atoms with Gasteiger partial charge >= 0.3 is 0 Å². The molecule has 4 nitrogen and oxygen atoms in total. The Hall–Kier alpha value is -2.02. The standard InChI is InChI=1S/C23H16Cl4N2O2S/c1-11-19(25)12(2)21(27)22(20(11)26)31-10-18(30)28-16-9-13(7-8-14(16)24)23-29-15-5-3-4-6-17(15)32-23/h3-9H,10H2,1-2H3,(H,28,30). The number of para-hydroxylation sites is 1. The number of fused-ring (bicyclic) bond motifs is 1. The molecule has 9 heteroatoms. The fraction of sp³-hybridized carbons (Fsp3) is 0.130. The molecule has 1 heterocycles. The third-order valence-corrected chi connectivity index (χ3v) is 7.74. The molecule has 0 unspecified atom stereocenters. The predicted octanol–water partition coefficient (Wildman–Crippen LogP) is 8.21. The van der Waals surface area contributed by atoms with E-state index in [9.17, 15) is 4.79 Å². The second-order valence-electron chi connectivity index (χ2n) is 7.04. The lowest BCUT2D eigenvalue weighted by Gasteiger charge is -2.15. The van der Waals surface area contributed by atoms with Crippen LogP contribution in [0.4, 0.5) is 5.69 Å². The Labute approximate surface area is 209 Å². The smallest absolute Gasteiger partial charge is 0.262 e. The van der Waals surface area contributed by atoms with Crippen LogP contribution in [0.15, 0.2) is 42.5 Å². The highest BCUT2D eigenvalue weighted by Gasteiger charge is 2.19. The van der Waals surface area contributed by atoms with Gasteiger partial charge in [-0.1, -0.05) is 64.6 Å². The molecular formula is C23H16Cl4N2O2S. The fourth-order valence-corrected chi connectivity index (χ4v) is 5.06. The van der Waals surface area contributed by atoms with Crippen LogP contribution in [0.1, 0.15) is 11.1 Å². The van der Waals surface area contributed by atoms with E-state index in [-0.39, 0.29) is 22.4 Å². The zero-order valence-corrected chi connectivity index (χ0v) is 20.8. The largest absolute Gasteiger partial charge is 0.481 e. The number of ether oxygens (including phenoxy) is 1. The van der Waals surface area contributed by atoms with E-state index in [1.54, 1.807) is 37.3 Å². The zero-order chi connectivity index (χ0) is 23.0. The molecule has 0 spiro atoms. The maximum atomic E-state index is 12.6. The summed E-state index contributed by atoms with van der Waals surface area (Å²) < 4.78 is 6.71. The van der Waals surface area contributed by atoms with E-state index in [1.165, 1.54) is 0 Å². The van der Waals surface area contributed by atoms with E-state index in [4.69, 9.17) is 51.1 Å². The Morgan fingerprint density at radius 1 is 1.00 bits per heavy atom. The van der Waals surface area contributed by atoms with Crippen LogP contribution in [0.2, 0.25) is 20.1 Å². The maximum Gasteiger partial charge on any atom is 0.262 e. The first-order chi connectivity index (χ1) is 15.3. The number of nitrogens with zero attached hydrogens (tertiary/aromatic N) is 1.